The van der Waals surface area contributed by atoms with Gasteiger partial charge in [0.2, 0.25) is 11.8 Å². The second-order valence-electron chi connectivity index (χ2n) is 6.30. The van der Waals surface area contributed by atoms with Crippen LogP contribution in [-0.2, 0) is 9.59 Å². The molecule has 0 saturated heterocycles. The van der Waals surface area contributed by atoms with Gasteiger partial charge in [-0.15, -0.1) is 0 Å². The molecule has 1 fully saturated rings. The molecule has 0 spiro atoms. The van der Waals surface area contributed by atoms with Gasteiger partial charge < -0.3 is 15.5 Å². The average Bonchev–Trinajstić information content (AvgIpc) is 2.47. The van der Waals surface area contributed by atoms with Gasteiger partial charge in [-0.3, -0.25) is 9.59 Å². The maximum Gasteiger partial charge on any atom is 0.242 e. The van der Waals surface area contributed by atoms with Crippen LogP contribution < -0.4 is 5.73 Å². The summed E-state index contributed by atoms with van der Waals surface area (Å²) in [5.41, 5.74) is 5.89. The minimum absolute atomic E-state index is 0.0295. The van der Waals surface area contributed by atoms with Gasteiger partial charge in [0.1, 0.15) is 0 Å². The predicted molar refractivity (Wildman–Crippen MR) is 84.8 cm³/mol. The lowest BCUT2D eigenvalue weighted by molar-refractivity contribution is -0.140. The lowest BCUT2D eigenvalue weighted by Crippen LogP contribution is -2.45. The summed E-state index contributed by atoms with van der Waals surface area (Å²) in [6.07, 6.45) is 7.97. The Kier molecular flexibility index (Phi) is 7.72. The molecule has 0 aromatic rings. The Morgan fingerprint density at radius 1 is 1.14 bits per heavy atom. The van der Waals surface area contributed by atoms with Crippen LogP contribution in [0.15, 0.2) is 0 Å². The van der Waals surface area contributed by atoms with E-state index in [9.17, 15) is 9.59 Å². The minimum Gasteiger partial charge on any atom is -0.341 e. The molecule has 0 heterocycles. The molecule has 122 valence electrons. The van der Waals surface area contributed by atoms with E-state index in [0.29, 0.717) is 12.5 Å². The minimum atomic E-state index is -0.101. The van der Waals surface area contributed by atoms with Crippen LogP contribution in [0.4, 0.5) is 0 Å². The Bertz CT molecular complexity index is 340. The Morgan fingerprint density at radius 2 is 1.76 bits per heavy atom. The fourth-order valence-electron chi connectivity index (χ4n) is 2.93. The van der Waals surface area contributed by atoms with E-state index in [2.05, 4.69) is 6.92 Å². The topological polar surface area (TPSA) is 66.6 Å². The van der Waals surface area contributed by atoms with Gasteiger partial charge in [0.05, 0.1) is 6.54 Å². The predicted octanol–water partition coefficient (Wildman–Crippen LogP) is 1.75. The van der Waals surface area contributed by atoms with Gasteiger partial charge in [0, 0.05) is 32.6 Å². The van der Waals surface area contributed by atoms with Crippen LogP contribution in [0.2, 0.25) is 0 Å². The molecule has 2 N–H and O–H groups in total. The monoisotopic (exact) mass is 297 g/mol. The first-order valence-corrected chi connectivity index (χ1v) is 8.20. The third kappa shape index (κ3) is 6.04. The van der Waals surface area contributed by atoms with Crippen LogP contribution in [0, 0.1) is 0 Å². The fraction of sp³-hybridized carbons (Fsp3) is 0.875. The molecule has 5 heteroatoms. The zero-order valence-electron chi connectivity index (χ0n) is 13.8. The Balaban J connectivity index is 2.39. The van der Waals surface area contributed by atoms with Crippen molar-refractivity contribution in [3.05, 3.63) is 0 Å². The van der Waals surface area contributed by atoms with E-state index >= 15 is 0 Å². The second-order valence-corrected chi connectivity index (χ2v) is 6.30. The van der Waals surface area contributed by atoms with Crippen LogP contribution in [0.1, 0.15) is 58.3 Å². The molecular formula is C16H31N3O2. The van der Waals surface area contributed by atoms with Gasteiger partial charge in [-0.25, -0.2) is 0 Å². The van der Waals surface area contributed by atoms with Crippen molar-refractivity contribution >= 4 is 11.8 Å². The summed E-state index contributed by atoms with van der Waals surface area (Å²) < 4.78 is 0. The Labute approximate surface area is 128 Å². The Hall–Kier alpha value is -1.10. The van der Waals surface area contributed by atoms with E-state index in [0.717, 1.165) is 25.7 Å². The third-order valence-electron chi connectivity index (χ3n) is 4.41. The molecule has 0 bridgehead atoms. The number of amides is 2. The number of nitrogens with two attached hydrogens (primary N) is 1. The average molecular weight is 297 g/mol. The van der Waals surface area contributed by atoms with Crippen molar-refractivity contribution in [3.8, 4) is 0 Å². The van der Waals surface area contributed by atoms with Crippen molar-refractivity contribution in [1.82, 2.24) is 9.80 Å². The van der Waals surface area contributed by atoms with Crippen molar-refractivity contribution in [2.24, 2.45) is 5.73 Å². The van der Waals surface area contributed by atoms with E-state index < -0.39 is 0 Å². The van der Waals surface area contributed by atoms with Crippen LogP contribution in [-0.4, -0.2) is 54.3 Å². The molecule has 1 saturated carbocycles. The van der Waals surface area contributed by atoms with Gasteiger partial charge in [-0.2, -0.15) is 0 Å². The molecule has 0 aromatic heterocycles. The molecule has 1 aliphatic carbocycles. The summed E-state index contributed by atoms with van der Waals surface area (Å²) in [6, 6.07) is 0.244. The highest BCUT2D eigenvalue weighted by Gasteiger charge is 2.24. The first kappa shape index (κ1) is 18.0. The molecule has 1 unspecified atom stereocenters. The molecule has 1 rings (SSSR count). The number of likely N-dealkylation sites (N-methyl/N-ethyl adjacent to an activating group) is 2. The zero-order chi connectivity index (χ0) is 15.8. The highest BCUT2D eigenvalue weighted by Crippen LogP contribution is 2.21. The molecule has 5 nitrogen and oxygen atoms in total. The van der Waals surface area contributed by atoms with Crippen molar-refractivity contribution in [1.29, 1.82) is 0 Å². The smallest absolute Gasteiger partial charge is 0.242 e. The highest BCUT2D eigenvalue weighted by molar-refractivity contribution is 5.84. The summed E-state index contributed by atoms with van der Waals surface area (Å²) >= 11 is 0. The first-order chi connectivity index (χ1) is 9.95. The zero-order valence-corrected chi connectivity index (χ0v) is 13.8. The molecule has 0 aromatic carbocycles. The van der Waals surface area contributed by atoms with Gasteiger partial charge in [0.15, 0.2) is 0 Å². The third-order valence-corrected chi connectivity index (χ3v) is 4.41. The summed E-state index contributed by atoms with van der Waals surface area (Å²) in [4.78, 5) is 27.6. The number of carbonyl (C=O) groups is 2. The van der Waals surface area contributed by atoms with Gasteiger partial charge in [0.25, 0.3) is 0 Å². The van der Waals surface area contributed by atoms with E-state index in [1.165, 1.54) is 24.2 Å². The van der Waals surface area contributed by atoms with E-state index in [1.807, 2.05) is 11.9 Å². The SMILES string of the molecule is CCCC(N)CC(=O)N(C)CC(=O)N(C)C1CCCCC1. The standard InChI is InChI=1S/C16H31N3O2/c1-4-8-13(17)11-15(20)18(2)12-16(21)19(3)14-9-6-5-7-10-14/h13-14H,4-12,17H2,1-3H3. The second kappa shape index (κ2) is 9.03. The number of hydrogen-bond donors (Lipinski definition) is 1. The molecule has 21 heavy (non-hydrogen) atoms. The maximum absolute atomic E-state index is 12.3. The van der Waals surface area contributed by atoms with Gasteiger partial charge in [-0.1, -0.05) is 32.6 Å². The molecule has 1 aliphatic rings. The molecule has 0 radical (unpaired) electrons. The van der Waals surface area contributed by atoms with E-state index in [-0.39, 0.29) is 24.4 Å². The molecule has 0 aliphatic heterocycles. The Morgan fingerprint density at radius 3 is 2.33 bits per heavy atom. The molecular weight excluding hydrogens is 266 g/mol. The lowest BCUT2D eigenvalue weighted by Gasteiger charge is -2.32. The maximum atomic E-state index is 12.3. The summed E-state index contributed by atoms with van der Waals surface area (Å²) in [5, 5.41) is 0. The lowest BCUT2D eigenvalue weighted by atomic mass is 9.94. The first-order valence-electron chi connectivity index (χ1n) is 8.20. The van der Waals surface area contributed by atoms with Crippen LogP contribution >= 0.6 is 0 Å². The number of rotatable bonds is 7. The number of carbonyl (C=O) groups excluding carboxylic acids is 2. The van der Waals surface area contributed by atoms with Crippen molar-refractivity contribution < 1.29 is 9.59 Å². The quantitative estimate of drug-likeness (QED) is 0.778. The number of nitrogens with zero attached hydrogens (tertiary/aromatic N) is 2. The summed E-state index contributed by atoms with van der Waals surface area (Å²) in [7, 11) is 3.55. The van der Waals surface area contributed by atoms with Crippen LogP contribution in [0.5, 0.6) is 0 Å². The van der Waals surface area contributed by atoms with Crippen LogP contribution in [0.25, 0.3) is 0 Å². The molecule has 2 amide bonds. The van der Waals surface area contributed by atoms with Crippen molar-refractivity contribution in [3.63, 3.8) is 0 Å². The fourth-order valence-corrected chi connectivity index (χ4v) is 2.93. The van der Waals surface area contributed by atoms with Crippen molar-refractivity contribution in [2.45, 2.75) is 70.4 Å². The number of hydrogen-bond acceptors (Lipinski definition) is 3. The van der Waals surface area contributed by atoms with Gasteiger partial charge >= 0.3 is 0 Å². The normalized spacial score (nSPS) is 17.3. The largest absolute Gasteiger partial charge is 0.341 e. The van der Waals surface area contributed by atoms with Crippen LogP contribution in [0.3, 0.4) is 0 Å². The van der Waals surface area contributed by atoms with E-state index in [1.54, 1.807) is 7.05 Å². The van der Waals surface area contributed by atoms with Crippen molar-refractivity contribution in [2.75, 3.05) is 20.6 Å². The van der Waals surface area contributed by atoms with Gasteiger partial charge in [-0.05, 0) is 19.3 Å². The highest BCUT2D eigenvalue weighted by atomic mass is 16.2. The summed E-state index contributed by atoms with van der Waals surface area (Å²) in [5.74, 6) is -0.0110. The van der Waals surface area contributed by atoms with E-state index in [4.69, 9.17) is 5.73 Å². The summed E-state index contributed by atoms with van der Waals surface area (Å²) in [6.45, 7) is 2.21. The molecule has 1 atom stereocenters.